The molecule has 3 aromatic carbocycles. The molecule has 0 saturated heterocycles. The third-order valence-electron chi connectivity index (χ3n) is 5.73. The van der Waals surface area contributed by atoms with Crippen molar-refractivity contribution < 1.29 is 8.83 Å². The first-order valence-electron chi connectivity index (χ1n) is 11.2. The van der Waals surface area contributed by atoms with E-state index in [0.29, 0.717) is 17.7 Å². The summed E-state index contributed by atoms with van der Waals surface area (Å²) in [5, 5.41) is 0. The summed E-state index contributed by atoms with van der Waals surface area (Å²) in [6.45, 7) is 11.0. The molecule has 0 aliphatic rings. The van der Waals surface area contributed by atoms with Gasteiger partial charge in [-0.05, 0) is 77.4 Å². The molecule has 0 N–H and O–H groups in total. The van der Waals surface area contributed by atoms with Gasteiger partial charge < -0.3 is 8.83 Å². The van der Waals surface area contributed by atoms with Crippen LogP contribution in [0.1, 0.15) is 45.7 Å². The van der Waals surface area contributed by atoms with Gasteiger partial charge in [0.1, 0.15) is 11.0 Å². The van der Waals surface area contributed by atoms with Gasteiger partial charge in [-0.3, -0.25) is 0 Å². The summed E-state index contributed by atoms with van der Waals surface area (Å²) in [5.41, 5.74) is 7.85. The van der Waals surface area contributed by atoms with Crippen LogP contribution in [0.4, 0.5) is 0 Å². The third-order valence-corrected chi connectivity index (χ3v) is 5.73. The Morgan fingerprint density at radius 3 is 1.78 bits per heavy atom. The molecule has 0 unspecified atom stereocenters. The predicted octanol–water partition coefficient (Wildman–Crippen LogP) is 7.80. The van der Waals surface area contributed by atoms with Crippen LogP contribution in [0.3, 0.4) is 0 Å². The van der Waals surface area contributed by atoms with Gasteiger partial charge in [0.25, 0.3) is 0 Å². The summed E-state index contributed by atoms with van der Waals surface area (Å²) in [6.07, 6.45) is 1.04. The van der Waals surface area contributed by atoms with Gasteiger partial charge in [0.2, 0.25) is 11.8 Å². The lowest BCUT2D eigenvalue weighted by atomic mass is 9.87. The Hall–Kier alpha value is -3.40. The zero-order valence-electron chi connectivity index (χ0n) is 19.3. The Balaban J connectivity index is 1.44. The molecule has 4 nitrogen and oxygen atoms in total. The first kappa shape index (κ1) is 20.5. The zero-order chi connectivity index (χ0) is 22.5. The van der Waals surface area contributed by atoms with E-state index in [1.165, 1.54) is 11.1 Å². The molecule has 0 bridgehead atoms. The minimum atomic E-state index is 0.0735. The van der Waals surface area contributed by atoms with Crippen LogP contribution in [0.25, 0.3) is 45.1 Å². The quantitative estimate of drug-likeness (QED) is 0.295. The van der Waals surface area contributed by atoms with Crippen LogP contribution in [0, 0.1) is 5.92 Å². The highest BCUT2D eigenvalue weighted by Gasteiger charge is 2.17. The second-order valence-electron chi connectivity index (χ2n) is 9.95. The second kappa shape index (κ2) is 7.63. The van der Waals surface area contributed by atoms with Gasteiger partial charge in [0.15, 0.2) is 11.2 Å². The topological polar surface area (TPSA) is 52.1 Å². The number of hydrogen-bond donors (Lipinski definition) is 0. The molecule has 0 radical (unpaired) electrons. The molecule has 0 saturated carbocycles. The van der Waals surface area contributed by atoms with Crippen molar-refractivity contribution in [2.24, 2.45) is 5.92 Å². The molecular weight excluding hydrogens is 396 g/mol. The lowest BCUT2D eigenvalue weighted by Crippen LogP contribution is -2.10. The first-order valence-corrected chi connectivity index (χ1v) is 11.2. The van der Waals surface area contributed by atoms with E-state index in [9.17, 15) is 0 Å². The number of benzene rings is 3. The summed E-state index contributed by atoms with van der Waals surface area (Å²) in [5.74, 6) is 1.85. The van der Waals surface area contributed by atoms with E-state index in [1.54, 1.807) is 0 Å². The Morgan fingerprint density at radius 1 is 0.719 bits per heavy atom. The van der Waals surface area contributed by atoms with Crippen LogP contribution in [0.15, 0.2) is 69.5 Å². The Bertz CT molecular complexity index is 1400. The normalized spacial score (nSPS) is 12.3. The highest BCUT2D eigenvalue weighted by Crippen LogP contribution is 2.31. The maximum atomic E-state index is 6.01. The third kappa shape index (κ3) is 3.93. The van der Waals surface area contributed by atoms with Gasteiger partial charge in [-0.25, -0.2) is 9.97 Å². The smallest absolute Gasteiger partial charge is 0.227 e. The van der Waals surface area contributed by atoms with Crippen LogP contribution in [-0.4, -0.2) is 9.97 Å². The first-order chi connectivity index (χ1) is 15.3. The van der Waals surface area contributed by atoms with Crippen molar-refractivity contribution in [2.75, 3.05) is 0 Å². The fraction of sp³-hybridized carbons (Fsp3) is 0.286. The lowest BCUT2D eigenvalue weighted by Gasteiger charge is -2.18. The van der Waals surface area contributed by atoms with Gasteiger partial charge in [-0.2, -0.15) is 0 Å². The van der Waals surface area contributed by atoms with Crippen LogP contribution < -0.4 is 0 Å². The molecule has 0 amide bonds. The zero-order valence-corrected chi connectivity index (χ0v) is 19.3. The van der Waals surface area contributed by atoms with E-state index in [4.69, 9.17) is 18.8 Å². The van der Waals surface area contributed by atoms with Gasteiger partial charge in [0.05, 0.1) is 0 Å². The van der Waals surface area contributed by atoms with Gasteiger partial charge >= 0.3 is 0 Å². The van der Waals surface area contributed by atoms with E-state index >= 15 is 0 Å². The van der Waals surface area contributed by atoms with Crippen LogP contribution >= 0.6 is 0 Å². The van der Waals surface area contributed by atoms with E-state index in [0.717, 1.165) is 39.7 Å². The number of hydrogen-bond acceptors (Lipinski definition) is 4. The van der Waals surface area contributed by atoms with Gasteiger partial charge in [0, 0.05) is 11.1 Å². The number of fused-ring (bicyclic) bond motifs is 2. The largest absolute Gasteiger partial charge is 0.436 e. The van der Waals surface area contributed by atoms with Crippen molar-refractivity contribution in [3.8, 4) is 22.9 Å². The van der Waals surface area contributed by atoms with Crippen LogP contribution in [0.2, 0.25) is 0 Å². The van der Waals surface area contributed by atoms with E-state index < -0.39 is 0 Å². The second-order valence-corrected chi connectivity index (χ2v) is 9.95. The Morgan fingerprint density at radius 2 is 1.25 bits per heavy atom. The number of oxazole rings is 2. The minimum Gasteiger partial charge on any atom is -0.436 e. The molecule has 5 rings (SSSR count). The lowest BCUT2D eigenvalue weighted by molar-refractivity contribution is 0.590. The number of rotatable bonds is 4. The SMILES string of the molecule is CC(C)Cc1ccc2oc(-c3ccc(-c4nc5cc(C(C)(C)C)ccc5o4)cc3)nc2c1. The average Bonchev–Trinajstić information content (AvgIpc) is 3.36. The molecule has 0 aliphatic heterocycles. The molecule has 32 heavy (non-hydrogen) atoms. The Labute approximate surface area is 188 Å². The Kier molecular flexibility index (Phi) is 4.89. The van der Waals surface area contributed by atoms with Gasteiger partial charge in [-0.1, -0.05) is 46.8 Å². The van der Waals surface area contributed by atoms with Crippen LogP contribution in [0.5, 0.6) is 0 Å². The molecule has 0 aliphatic carbocycles. The van der Waals surface area contributed by atoms with Crippen LogP contribution in [-0.2, 0) is 11.8 Å². The molecular formula is C28H28N2O2. The van der Waals surface area contributed by atoms with E-state index in [1.807, 2.05) is 36.4 Å². The molecule has 0 atom stereocenters. The fourth-order valence-corrected chi connectivity index (χ4v) is 3.97. The molecule has 2 heterocycles. The average molecular weight is 425 g/mol. The van der Waals surface area contributed by atoms with E-state index in [-0.39, 0.29) is 5.41 Å². The molecule has 5 aromatic rings. The number of nitrogens with zero attached hydrogens (tertiary/aromatic N) is 2. The van der Waals surface area contributed by atoms with Crippen molar-refractivity contribution >= 4 is 22.2 Å². The monoisotopic (exact) mass is 424 g/mol. The van der Waals surface area contributed by atoms with Gasteiger partial charge in [-0.15, -0.1) is 0 Å². The maximum absolute atomic E-state index is 6.01. The minimum absolute atomic E-state index is 0.0735. The molecule has 4 heteroatoms. The maximum Gasteiger partial charge on any atom is 0.227 e. The predicted molar refractivity (Wildman–Crippen MR) is 130 cm³/mol. The highest BCUT2D eigenvalue weighted by molar-refractivity contribution is 5.79. The molecule has 0 fully saturated rings. The molecule has 0 spiro atoms. The molecule has 162 valence electrons. The van der Waals surface area contributed by atoms with Crippen molar-refractivity contribution in [1.82, 2.24) is 9.97 Å². The summed E-state index contributed by atoms with van der Waals surface area (Å²) >= 11 is 0. The summed E-state index contributed by atoms with van der Waals surface area (Å²) in [6, 6.07) is 20.5. The fourth-order valence-electron chi connectivity index (χ4n) is 3.97. The van der Waals surface area contributed by atoms with Crippen molar-refractivity contribution in [3.63, 3.8) is 0 Å². The summed E-state index contributed by atoms with van der Waals surface area (Å²) < 4.78 is 12.0. The summed E-state index contributed by atoms with van der Waals surface area (Å²) in [7, 11) is 0. The number of aromatic nitrogens is 2. The van der Waals surface area contributed by atoms with E-state index in [2.05, 4.69) is 58.9 Å². The van der Waals surface area contributed by atoms with Crippen molar-refractivity contribution in [1.29, 1.82) is 0 Å². The summed E-state index contributed by atoms with van der Waals surface area (Å²) in [4.78, 5) is 9.44. The molecule has 2 aromatic heterocycles. The van der Waals surface area contributed by atoms with Crippen molar-refractivity contribution in [3.05, 3.63) is 71.8 Å². The van der Waals surface area contributed by atoms with Crippen molar-refractivity contribution in [2.45, 2.75) is 46.5 Å². The highest BCUT2D eigenvalue weighted by atomic mass is 16.4. The standard InChI is InChI=1S/C28H28N2O2/c1-17(2)14-18-6-12-24-22(15-18)29-26(31-24)19-7-9-20(10-8-19)27-30-23-16-21(28(3,4)5)11-13-25(23)32-27/h6-13,15-17H,14H2,1-5H3.